The van der Waals surface area contributed by atoms with Crippen LogP contribution in [0.4, 0.5) is 5.69 Å². The number of nitrogens with zero attached hydrogens (tertiary/aromatic N) is 1. The van der Waals surface area contributed by atoms with Gasteiger partial charge in [0.25, 0.3) is 0 Å². The predicted octanol–water partition coefficient (Wildman–Crippen LogP) is 3.96. The lowest BCUT2D eigenvalue weighted by atomic mass is 9.81. The second-order valence-electron chi connectivity index (χ2n) is 9.65. The summed E-state index contributed by atoms with van der Waals surface area (Å²) in [7, 11) is 2.15. The van der Waals surface area contributed by atoms with Crippen LogP contribution in [-0.2, 0) is 22.6 Å². The zero-order valence-electron chi connectivity index (χ0n) is 18.9. The molecule has 0 radical (unpaired) electrons. The van der Waals surface area contributed by atoms with Gasteiger partial charge in [0.15, 0.2) is 0 Å². The number of allylic oxidation sites excluding steroid dienone is 2. The number of carbonyl (C=O) groups excluding carboxylic acids is 2. The number of carbonyl (C=O) groups is 2. The standard InChI is InChI=1S/C26H37N3O2/c1-29-15-5-8-23-16-20(11-14-24(23)29)18-28-26(31)22-12-9-19(10-13-22)17-27-25(30)21-6-3-2-4-7-21/h2-3,11,14,16,19,21-22H,4-10,12-13,15,17-18H2,1H3,(H,27,30)(H,28,31). The van der Waals surface area contributed by atoms with Gasteiger partial charge in [0, 0.05) is 44.2 Å². The number of nitrogens with one attached hydrogen (secondary N) is 2. The first kappa shape index (κ1) is 21.9. The van der Waals surface area contributed by atoms with Gasteiger partial charge in [-0.2, -0.15) is 0 Å². The van der Waals surface area contributed by atoms with E-state index in [1.54, 1.807) is 0 Å². The maximum Gasteiger partial charge on any atom is 0.223 e. The Morgan fingerprint density at radius 1 is 1.00 bits per heavy atom. The van der Waals surface area contributed by atoms with Gasteiger partial charge in [0.2, 0.25) is 11.8 Å². The van der Waals surface area contributed by atoms with Crippen LogP contribution in [-0.4, -0.2) is 32.0 Å². The molecule has 1 atom stereocenters. The number of hydrogen-bond acceptors (Lipinski definition) is 3. The fourth-order valence-corrected chi connectivity index (χ4v) is 5.33. The van der Waals surface area contributed by atoms with E-state index in [1.807, 2.05) is 0 Å². The van der Waals surface area contributed by atoms with Gasteiger partial charge in [0.1, 0.15) is 0 Å². The predicted molar refractivity (Wildman–Crippen MR) is 125 cm³/mol. The average Bonchev–Trinajstić information content (AvgIpc) is 2.82. The molecule has 1 unspecified atom stereocenters. The molecule has 5 heteroatoms. The van der Waals surface area contributed by atoms with Crippen LogP contribution < -0.4 is 15.5 Å². The van der Waals surface area contributed by atoms with Gasteiger partial charge in [-0.15, -0.1) is 0 Å². The molecular formula is C26H37N3O2. The molecule has 168 valence electrons. The lowest BCUT2D eigenvalue weighted by molar-refractivity contribution is -0.127. The van der Waals surface area contributed by atoms with Crippen molar-refractivity contribution >= 4 is 17.5 Å². The monoisotopic (exact) mass is 423 g/mol. The SMILES string of the molecule is CN1CCCc2cc(CNC(=O)C3CCC(CNC(=O)C4CC=CCC4)CC3)ccc21. The van der Waals surface area contributed by atoms with Gasteiger partial charge in [0.05, 0.1) is 0 Å². The van der Waals surface area contributed by atoms with E-state index in [0.29, 0.717) is 12.5 Å². The van der Waals surface area contributed by atoms with Crippen LogP contribution in [0.5, 0.6) is 0 Å². The summed E-state index contributed by atoms with van der Waals surface area (Å²) in [5.74, 6) is 1.16. The molecule has 1 aromatic rings. The van der Waals surface area contributed by atoms with Gasteiger partial charge in [-0.1, -0.05) is 24.3 Å². The quantitative estimate of drug-likeness (QED) is 0.681. The van der Waals surface area contributed by atoms with Gasteiger partial charge < -0.3 is 15.5 Å². The van der Waals surface area contributed by atoms with E-state index < -0.39 is 0 Å². The van der Waals surface area contributed by atoms with Crippen LogP contribution >= 0.6 is 0 Å². The van der Waals surface area contributed by atoms with Crippen LogP contribution in [0, 0.1) is 17.8 Å². The van der Waals surface area contributed by atoms with Gasteiger partial charge in [-0.3, -0.25) is 9.59 Å². The zero-order valence-corrected chi connectivity index (χ0v) is 18.9. The maximum absolute atomic E-state index is 12.7. The summed E-state index contributed by atoms with van der Waals surface area (Å²) in [6, 6.07) is 6.59. The Bertz CT molecular complexity index is 811. The van der Waals surface area contributed by atoms with Crippen molar-refractivity contribution in [1.82, 2.24) is 10.6 Å². The van der Waals surface area contributed by atoms with Crippen molar-refractivity contribution in [3.05, 3.63) is 41.5 Å². The molecule has 1 heterocycles. The Kier molecular flexibility index (Phi) is 7.31. The number of benzene rings is 1. The molecule has 2 amide bonds. The molecule has 31 heavy (non-hydrogen) atoms. The number of hydrogen-bond donors (Lipinski definition) is 2. The molecule has 3 aliphatic rings. The van der Waals surface area contributed by atoms with Crippen LogP contribution in [0.2, 0.25) is 0 Å². The second-order valence-corrected chi connectivity index (χ2v) is 9.65. The van der Waals surface area contributed by atoms with Crippen LogP contribution in [0.3, 0.4) is 0 Å². The largest absolute Gasteiger partial charge is 0.374 e. The van der Waals surface area contributed by atoms with Crippen molar-refractivity contribution in [2.45, 2.75) is 64.3 Å². The van der Waals surface area contributed by atoms with Crippen molar-refractivity contribution in [2.24, 2.45) is 17.8 Å². The molecule has 1 aromatic carbocycles. The van der Waals surface area contributed by atoms with Crippen molar-refractivity contribution in [2.75, 3.05) is 25.0 Å². The highest BCUT2D eigenvalue weighted by molar-refractivity contribution is 5.79. The van der Waals surface area contributed by atoms with Crippen molar-refractivity contribution < 1.29 is 9.59 Å². The number of rotatable bonds is 6. The Hall–Kier alpha value is -2.30. The van der Waals surface area contributed by atoms with Gasteiger partial charge >= 0.3 is 0 Å². The van der Waals surface area contributed by atoms with E-state index in [1.165, 1.54) is 23.2 Å². The molecule has 0 saturated heterocycles. The van der Waals surface area contributed by atoms with E-state index in [9.17, 15) is 9.59 Å². The Labute approximate surface area is 186 Å². The number of amides is 2. The Morgan fingerprint density at radius 3 is 2.58 bits per heavy atom. The molecule has 1 aliphatic heterocycles. The topological polar surface area (TPSA) is 61.4 Å². The van der Waals surface area contributed by atoms with E-state index in [2.05, 4.69) is 52.9 Å². The van der Waals surface area contributed by atoms with Crippen LogP contribution in [0.15, 0.2) is 30.4 Å². The molecule has 2 N–H and O–H groups in total. The summed E-state index contributed by atoms with van der Waals surface area (Å²) in [6.07, 6.45) is 13.4. The summed E-state index contributed by atoms with van der Waals surface area (Å²) in [6.45, 7) is 2.49. The van der Waals surface area contributed by atoms with Crippen LogP contribution in [0.25, 0.3) is 0 Å². The van der Waals surface area contributed by atoms with Crippen molar-refractivity contribution in [3.8, 4) is 0 Å². The molecule has 0 spiro atoms. The third kappa shape index (κ3) is 5.69. The molecule has 1 saturated carbocycles. The smallest absolute Gasteiger partial charge is 0.223 e. The summed E-state index contributed by atoms with van der Waals surface area (Å²) in [4.78, 5) is 27.3. The van der Waals surface area contributed by atoms with E-state index in [4.69, 9.17) is 0 Å². The van der Waals surface area contributed by atoms with Crippen molar-refractivity contribution in [3.63, 3.8) is 0 Å². The highest BCUT2D eigenvalue weighted by Crippen LogP contribution is 2.30. The molecule has 0 aromatic heterocycles. The number of fused-ring (bicyclic) bond motifs is 1. The molecule has 0 bridgehead atoms. The van der Waals surface area contributed by atoms with E-state index in [0.717, 1.165) is 64.5 Å². The molecule has 1 fully saturated rings. The third-order valence-corrected chi connectivity index (χ3v) is 7.38. The first-order valence-electron chi connectivity index (χ1n) is 12.1. The summed E-state index contributed by atoms with van der Waals surface area (Å²) >= 11 is 0. The fourth-order valence-electron chi connectivity index (χ4n) is 5.33. The average molecular weight is 424 g/mol. The highest BCUT2D eigenvalue weighted by Gasteiger charge is 2.27. The molecule has 5 nitrogen and oxygen atoms in total. The van der Waals surface area contributed by atoms with E-state index in [-0.39, 0.29) is 23.7 Å². The van der Waals surface area contributed by atoms with E-state index >= 15 is 0 Å². The second kappa shape index (κ2) is 10.3. The lowest BCUT2D eigenvalue weighted by Gasteiger charge is -2.29. The molecular weight excluding hydrogens is 386 g/mol. The Morgan fingerprint density at radius 2 is 1.81 bits per heavy atom. The minimum absolute atomic E-state index is 0.110. The zero-order chi connectivity index (χ0) is 21.6. The van der Waals surface area contributed by atoms with Gasteiger partial charge in [-0.05, 0) is 80.9 Å². The van der Waals surface area contributed by atoms with Gasteiger partial charge in [-0.25, -0.2) is 0 Å². The Balaban J connectivity index is 1.17. The molecule has 2 aliphatic carbocycles. The summed E-state index contributed by atoms with van der Waals surface area (Å²) in [5, 5.41) is 6.33. The van der Waals surface area contributed by atoms with Crippen LogP contribution in [0.1, 0.15) is 62.5 Å². The first-order chi connectivity index (χ1) is 15.1. The minimum atomic E-state index is 0.110. The van der Waals surface area contributed by atoms with Crippen molar-refractivity contribution in [1.29, 1.82) is 0 Å². The summed E-state index contributed by atoms with van der Waals surface area (Å²) < 4.78 is 0. The molecule has 4 rings (SSSR count). The lowest BCUT2D eigenvalue weighted by Crippen LogP contribution is -2.38. The number of aryl methyl sites for hydroxylation is 1. The maximum atomic E-state index is 12.7. The summed E-state index contributed by atoms with van der Waals surface area (Å²) in [5.41, 5.74) is 3.91. The normalized spacial score (nSPS) is 25.6. The first-order valence-corrected chi connectivity index (χ1v) is 12.1. The number of anilines is 1. The fraction of sp³-hybridized carbons (Fsp3) is 0.615. The minimum Gasteiger partial charge on any atom is -0.374 e. The highest BCUT2D eigenvalue weighted by atomic mass is 16.2. The third-order valence-electron chi connectivity index (χ3n) is 7.38.